The lowest BCUT2D eigenvalue weighted by Gasteiger charge is -2.20. The van der Waals surface area contributed by atoms with Crippen molar-refractivity contribution in [1.29, 1.82) is 0 Å². The standard InChI is InChI=1S/C13H18N2O2.ClH/c1-9(14)8-12(16)15-11-6-2-4-10-5-3-7-17-13(10)11;/h2,4,6,9H,3,5,7-8,14H2,1H3,(H,15,16);1H. The highest BCUT2D eigenvalue weighted by Crippen LogP contribution is 2.32. The lowest BCUT2D eigenvalue weighted by molar-refractivity contribution is -0.116. The number of nitrogens with one attached hydrogen (secondary N) is 1. The molecule has 4 nitrogen and oxygen atoms in total. The molecule has 1 aliphatic rings. The van der Waals surface area contributed by atoms with Gasteiger partial charge in [0.25, 0.3) is 0 Å². The quantitative estimate of drug-likeness (QED) is 0.884. The SMILES string of the molecule is CC(N)CC(=O)Nc1cccc2c1OCCC2.Cl. The zero-order valence-corrected chi connectivity index (χ0v) is 11.3. The first-order chi connectivity index (χ1) is 8.16. The molecule has 0 saturated heterocycles. The number of nitrogens with two attached hydrogens (primary N) is 1. The number of rotatable bonds is 3. The second kappa shape index (κ2) is 6.61. The van der Waals surface area contributed by atoms with Gasteiger partial charge in [0.1, 0.15) is 5.75 Å². The largest absolute Gasteiger partial charge is 0.491 e. The number of hydrogen-bond donors (Lipinski definition) is 2. The van der Waals surface area contributed by atoms with E-state index in [9.17, 15) is 4.79 Å². The molecule has 0 radical (unpaired) electrons. The summed E-state index contributed by atoms with van der Waals surface area (Å²) in [7, 11) is 0. The van der Waals surface area contributed by atoms with Crippen molar-refractivity contribution in [3.8, 4) is 5.75 Å². The maximum Gasteiger partial charge on any atom is 0.226 e. The van der Waals surface area contributed by atoms with Gasteiger partial charge in [0, 0.05) is 12.5 Å². The van der Waals surface area contributed by atoms with E-state index in [2.05, 4.69) is 5.32 Å². The first-order valence-corrected chi connectivity index (χ1v) is 5.97. The van der Waals surface area contributed by atoms with Crippen LogP contribution in [0.2, 0.25) is 0 Å². The molecule has 0 spiro atoms. The van der Waals surface area contributed by atoms with E-state index < -0.39 is 0 Å². The monoisotopic (exact) mass is 270 g/mol. The van der Waals surface area contributed by atoms with Gasteiger partial charge in [-0.3, -0.25) is 4.79 Å². The molecule has 1 aromatic rings. The molecular formula is C13H19ClN2O2. The molecule has 100 valence electrons. The Bertz CT molecular complexity index is 421. The summed E-state index contributed by atoms with van der Waals surface area (Å²) in [6.07, 6.45) is 2.36. The van der Waals surface area contributed by atoms with Crippen molar-refractivity contribution in [1.82, 2.24) is 0 Å². The van der Waals surface area contributed by atoms with Crippen LogP contribution >= 0.6 is 12.4 Å². The summed E-state index contributed by atoms with van der Waals surface area (Å²) < 4.78 is 5.61. The second-order valence-corrected chi connectivity index (χ2v) is 4.48. The topological polar surface area (TPSA) is 64.4 Å². The van der Waals surface area contributed by atoms with Crippen molar-refractivity contribution < 1.29 is 9.53 Å². The number of fused-ring (bicyclic) bond motifs is 1. The molecule has 1 amide bonds. The molecule has 0 aromatic heterocycles. The smallest absolute Gasteiger partial charge is 0.226 e. The van der Waals surface area contributed by atoms with Crippen molar-refractivity contribution in [2.45, 2.75) is 32.2 Å². The van der Waals surface area contributed by atoms with E-state index in [-0.39, 0.29) is 24.4 Å². The maximum absolute atomic E-state index is 11.7. The Morgan fingerprint density at radius 3 is 3.06 bits per heavy atom. The predicted octanol–water partition coefficient (Wildman–Crippen LogP) is 2.11. The first-order valence-electron chi connectivity index (χ1n) is 5.97. The third kappa shape index (κ3) is 3.62. The highest BCUT2D eigenvalue weighted by Gasteiger charge is 2.16. The number of carbonyl (C=O) groups excluding carboxylic acids is 1. The molecule has 1 atom stereocenters. The van der Waals surface area contributed by atoms with Gasteiger partial charge in [-0.1, -0.05) is 12.1 Å². The van der Waals surface area contributed by atoms with Crippen LogP contribution in [0.1, 0.15) is 25.3 Å². The summed E-state index contributed by atoms with van der Waals surface area (Å²) in [6.45, 7) is 2.53. The minimum atomic E-state index is -0.129. The van der Waals surface area contributed by atoms with Gasteiger partial charge in [0.2, 0.25) is 5.91 Å². The number of halogens is 1. The summed E-state index contributed by atoms with van der Waals surface area (Å²) in [5.41, 5.74) is 7.51. The van der Waals surface area contributed by atoms with E-state index in [1.54, 1.807) is 0 Å². The predicted molar refractivity (Wildman–Crippen MR) is 74.4 cm³/mol. The average Bonchev–Trinajstić information content (AvgIpc) is 2.28. The van der Waals surface area contributed by atoms with Crippen molar-refractivity contribution >= 4 is 24.0 Å². The molecule has 1 unspecified atom stereocenters. The first kappa shape index (κ1) is 14.8. The molecule has 0 fully saturated rings. The van der Waals surface area contributed by atoms with Gasteiger partial charge in [-0.25, -0.2) is 0 Å². The second-order valence-electron chi connectivity index (χ2n) is 4.48. The molecular weight excluding hydrogens is 252 g/mol. The number of benzene rings is 1. The van der Waals surface area contributed by atoms with Crippen LogP contribution in [-0.4, -0.2) is 18.6 Å². The van der Waals surface area contributed by atoms with Gasteiger partial charge < -0.3 is 15.8 Å². The molecule has 2 rings (SSSR count). The van der Waals surface area contributed by atoms with E-state index in [1.807, 2.05) is 25.1 Å². The summed E-state index contributed by atoms with van der Waals surface area (Å²) in [5, 5.41) is 2.86. The third-order valence-corrected chi connectivity index (χ3v) is 2.71. The van der Waals surface area contributed by atoms with Crippen LogP contribution in [0.4, 0.5) is 5.69 Å². The number of aryl methyl sites for hydroxylation is 1. The van der Waals surface area contributed by atoms with Gasteiger partial charge in [-0.2, -0.15) is 0 Å². The lowest BCUT2D eigenvalue weighted by Crippen LogP contribution is -2.24. The van der Waals surface area contributed by atoms with Crippen molar-refractivity contribution in [3.05, 3.63) is 23.8 Å². The summed E-state index contributed by atoms with van der Waals surface area (Å²) >= 11 is 0. The maximum atomic E-state index is 11.7. The van der Waals surface area contributed by atoms with Crippen molar-refractivity contribution in [2.24, 2.45) is 5.73 Å². The highest BCUT2D eigenvalue weighted by atomic mass is 35.5. The van der Waals surface area contributed by atoms with Gasteiger partial charge in [-0.15, -0.1) is 12.4 Å². The summed E-state index contributed by atoms with van der Waals surface area (Å²) in [5.74, 6) is 0.749. The van der Waals surface area contributed by atoms with Crippen LogP contribution in [0.3, 0.4) is 0 Å². The van der Waals surface area contributed by atoms with Crippen molar-refractivity contribution in [3.63, 3.8) is 0 Å². The minimum absolute atomic E-state index is 0. The number of ether oxygens (including phenoxy) is 1. The molecule has 0 aliphatic carbocycles. The number of para-hydroxylation sites is 1. The lowest BCUT2D eigenvalue weighted by atomic mass is 10.1. The van der Waals surface area contributed by atoms with Gasteiger partial charge in [0.05, 0.1) is 12.3 Å². The molecule has 0 bridgehead atoms. The zero-order chi connectivity index (χ0) is 12.3. The van der Waals surface area contributed by atoms with Crippen molar-refractivity contribution in [2.75, 3.05) is 11.9 Å². The Morgan fingerprint density at radius 2 is 2.33 bits per heavy atom. The summed E-state index contributed by atoms with van der Waals surface area (Å²) in [6, 6.07) is 5.71. The van der Waals surface area contributed by atoms with E-state index in [0.29, 0.717) is 13.0 Å². The van der Waals surface area contributed by atoms with E-state index in [1.165, 1.54) is 0 Å². The van der Waals surface area contributed by atoms with E-state index in [0.717, 1.165) is 29.8 Å². The van der Waals surface area contributed by atoms with Gasteiger partial charge >= 0.3 is 0 Å². The Balaban J connectivity index is 0.00000162. The van der Waals surface area contributed by atoms with Gasteiger partial charge in [0.15, 0.2) is 0 Å². The number of hydrogen-bond acceptors (Lipinski definition) is 3. The third-order valence-electron chi connectivity index (χ3n) is 2.71. The summed E-state index contributed by atoms with van der Waals surface area (Å²) in [4.78, 5) is 11.7. The van der Waals surface area contributed by atoms with Crippen LogP contribution in [0.15, 0.2) is 18.2 Å². The minimum Gasteiger partial charge on any atom is -0.491 e. The Labute approximate surface area is 113 Å². The number of carbonyl (C=O) groups is 1. The van der Waals surface area contributed by atoms with Gasteiger partial charge in [-0.05, 0) is 31.4 Å². The van der Waals surface area contributed by atoms with Crippen LogP contribution in [-0.2, 0) is 11.2 Å². The molecule has 3 N–H and O–H groups in total. The molecule has 1 aromatic carbocycles. The Hall–Kier alpha value is -1.26. The van der Waals surface area contributed by atoms with Crippen LogP contribution in [0.25, 0.3) is 0 Å². The van der Waals surface area contributed by atoms with Crippen LogP contribution < -0.4 is 15.8 Å². The molecule has 1 heterocycles. The fourth-order valence-electron chi connectivity index (χ4n) is 1.98. The van der Waals surface area contributed by atoms with Crippen LogP contribution in [0.5, 0.6) is 5.75 Å². The average molecular weight is 271 g/mol. The zero-order valence-electron chi connectivity index (χ0n) is 10.4. The molecule has 0 saturated carbocycles. The fraction of sp³-hybridized carbons (Fsp3) is 0.462. The molecule has 1 aliphatic heterocycles. The highest BCUT2D eigenvalue weighted by molar-refractivity contribution is 5.92. The Morgan fingerprint density at radius 1 is 1.56 bits per heavy atom. The van der Waals surface area contributed by atoms with E-state index >= 15 is 0 Å². The molecule has 18 heavy (non-hydrogen) atoms. The number of anilines is 1. The van der Waals surface area contributed by atoms with E-state index in [4.69, 9.17) is 10.5 Å². The van der Waals surface area contributed by atoms with Crippen LogP contribution in [0, 0.1) is 0 Å². The Kier molecular flexibility index (Phi) is 5.44. The normalized spacial score (nSPS) is 14.8. The molecule has 5 heteroatoms. The number of amides is 1. The fourth-order valence-corrected chi connectivity index (χ4v) is 1.98.